The lowest BCUT2D eigenvalue weighted by Crippen LogP contribution is -2.22. The number of hydrogen-bond acceptors (Lipinski definition) is 3. The minimum absolute atomic E-state index is 0.466. The van der Waals surface area contributed by atoms with Crippen LogP contribution in [0.15, 0.2) is 6.20 Å². The molecule has 0 aliphatic carbocycles. The molecule has 1 fully saturated rings. The first-order valence-electron chi connectivity index (χ1n) is 6.35. The van der Waals surface area contributed by atoms with Gasteiger partial charge in [0.1, 0.15) is 0 Å². The van der Waals surface area contributed by atoms with Gasteiger partial charge >= 0.3 is 0 Å². The second-order valence-corrected chi connectivity index (χ2v) is 6.32. The molecule has 0 atom stereocenters. The Morgan fingerprint density at radius 1 is 1.53 bits per heavy atom. The first-order chi connectivity index (χ1) is 8.20. The summed E-state index contributed by atoms with van der Waals surface area (Å²) in [5.41, 5.74) is 1.05. The van der Waals surface area contributed by atoms with E-state index in [1.54, 1.807) is 0 Å². The zero-order valence-corrected chi connectivity index (χ0v) is 11.4. The van der Waals surface area contributed by atoms with Crippen molar-refractivity contribution in [3.63, 3.8) is 0 Å². The molecule has 2 heterocycles. The topological polar surface area (TPSA) is 46.9 Å². The van der Waals surface area contributed by atoms with Crippen molar-refractivity contribution in [2.45, 2.75) is 39.2 Å². The molecule has 0 aromatic carbocycles. The molecule has 1 aromatic rings. The largest absolute Gasteiger partial charge is 0.356 e. The summed E-state index contributed by atoms with van der Waals surface area (Å²) < 4.78 is 13.6. The summed E-state index contributed by atoms with van der Waals surface area (Å²) in [4.78, 5) is 4.52. The van der Waals surface area contributed by atoms with Crippen LogP contribution in [0.4, 0.5) is 5.95 Å². The predicted molar refractivity (Wildman–Crippen MR) is 71.9 cm³/mol. The molecule has 1 N–H and O–H groups in total. The van der Waals surface area contributed by atoms with Crippen LogP contribution < -0.4 is 5.32 Å². The second kappa shape index (κ2) is 5.67. The van der Waals surface area contributed by atoms with Gasteiger partial charge in [-0.1, -0.05) is 6.92 Å². The van der Waals surface area contributed by atoms with Crippen LogP contribution in [0, 0.1) is 6.92 Å². The molecule has 4 nitrogen and oxygen atoms in total. The van der Waals surface area contributed by atoms with Gasteiger partial charge in [0.05, 0.1) is 5.69 Å². The third-order valence-electron chi connectivity index (χ3n) is 3.14. The highest BCUT2D eigenvalue weighted by atomic mass is 32.2. The summed E-state index contributed by atoms with van der Waals surface area (Å²) in [6, 6.07) is 0.466. The Bertz CT molecular complexity index is 392. The molecule has 0 saturated carbocycles. The van der Waals surface area contributed by atoms with Crippen molar-refractivity contribution < 1.29 is 4.21 Å². The van der Waals surface area contributed by atoms with Gasteiger partial charge in [-0.15, -0.1) is 0 Å². The summed E-state index contributed by atoms with van der Waals surface area (Å²) in [6.07, 6.45) is 5.21. The Morgan fingerprint density at radius 2 is 2.24 bits per heavy atom. The van der Waals surface area contributed by atoms with E-state index >= 15 is 0 Å². The van der Waals surface area contributed by atoms with E-state index in [0.29, 0.717) is 6.04 Å². The maximum Gasteiger partial charge on any atom is 0.203 e. The minimum atomic E-state index is -0.594. The van der Waals surface area contributed by atoms with Crippen LogP contribution in [0.2, 0.25) is 0 Å². The quantitative estimate of drug-likeness (QED) is 0.896. The van der Waals surface area contributed by atoms with Crippen LogP contribution in [-0.4, -0.2) is 31.8 Å². The molecule has 0 radical (unpaired) electrons. The summed E-state index contributed by atoms with van der Waals surface area (Å²) in [5, 5.41) is 3.37. The number of imidazole rings is 1. The summed E-state index contributed by atoms with van der Waals surface area (Å²) in [7, 11) is -0.594. The summed E-state index contributed by atoms with van der Waals surface area (Å²) >= 11 is 0. The average Bonchev–Trinajstić information content (AvgIpc) is 2.69. The number of nitrogens with zero attached hydrogens (tertiary/aromatic N) is 2. The summed E-state index contributed by atoms with van der Waals surface area (Å²) in [5.74, 6) is 2.63. The maximum atomic E-state index is 11.4. The van der Waals surface area contributed by atoms with Crippen LogP contribution in [0.5, 0.6) is 0 Å². The smallest absolute Gasteiger partial charge is 0.203 e. The number of nitrogens with one attached hydrogen (secondary N) is 1. The lowest BCUT2D eigenvalue weighted by atomic mass is 10.1. The molecule has 0 unspecified atom stereocenters. The van der Waals surface area contributed by atoms with Gasteiger partial charge in [-0.2, -0.15) is 0 Å². The van der Waals surface area contributed by atoms with Gasteiger partial charge in [-0.3, -0.25) is 4.21 Å². The molecule has 0 bridgehead atoms. The van der Waals surface area contributed by atoms with E-state index in [-0.39, 0.29) is 0 Å². The monoisotopic (exact) mass is 255 g/mol. The molecule has 96 valence electrons. The van der Waals surface area contributed by atoms with E-state index in [2.05, 4.69) is 28.0 Å². The third-order valence-corrected chi connectivity index (χ3v) is 4.52. The molecule has 5 heteroatoms. The van der Waals surface area contributed by atoms with Gasteiger partial charge in [0, 0.05) is 41.1 Å². The van der Waals surface area contributed by atoms with E-state index in [0.717, 1.165) is 49.0 Å². The van der Waals surface area contributed by atoms with E-state index in [1.165, 1.54) is 0 Å². The third kappa shape index (κ3) is 3.09. The number of rotatable bonds is 4. The zero-order chi connectivity index (χ0) is 12.3. The van der Waals surface area contributed by atoms with E-state index in [9.17, 15) is 4.21 Å². The highest BCUT2D eigenvalue weighted by Gasteiger charge is 2.21. The van der Waals surface area contributed by atoms with Gasteiger partial charge < -0.3 is 9.88 Å². The summed E-state index contributed by atoms with van der Waals surface area (Å²) in [6.45, 7) is 5.13. The zero-order valence-electron chi connectivity index (χ0n) is 10.6. The van der Waals surface area contributed by atoms with Crippen LogP contribution in [0.25, 0.3) is 0 Å². The molecule has 1 aromatic heterocycles. The molecular formula is C12H21N3OS. The van der Waals surface area contributed by atoms with Gasteiger partial charge in [-0.25, -0.2) is 4.98 Å². The highest BCUT2D eigenvalue weighted by Crippen LogP contribution is 2.26. The molecule has 17 heavy (non-hydrogen) atoms. The molecule has 1 aliphatic heterocycles. The fourth-order valence-corrected chi connectivity index (χ4v) is 3.50. The van der Waals surface area contributed by atoms with Crippen molar-refractivity contribution in [3.8, 4) is 0 Å². The lowest BCUT2D eigenvalue weighted by Gasteiger charge is -2.24. The Labute approximate surface area is 105 Å². The van der Waals surface area contributed by atoms with Crippen molar-refractivity contribution >= 4 is 16.7 Å². The maximum absolute atomic E-state index is 11.4. The Kier molecular flexibility index (Phi) is 4.20. The lowest BCUT2D eigenvalue weighted by molar-refractivity contribution is 0.465. The second-order valence-electron chi connectivity index (χ2n) is 4.62. The van der Waals surface area contributed by atoms with Gasteiger partial charge in [0.15, 0.2) is 0 Å². The first-order valence-corrected chi connectivity index (χ1v) is 7.84. The van der Waals surface area contributed by atoms with Gasteiger partial charge in [-0.05, 0) is 26.2 Å². The van der Waals surface area contributed by atoms with E-state index in [1.807, 2.05) is 6.92 Å². The fourth-order valence-electron chi connectivity index (χ4n) is 2.22. The van der Waals surface area contributed by atoms with Crippen LogP contribution in [0.1, 0.15) is 37.9 Å². The van der Waals surface area contributed by atoms with Gasteiger partial charge in [0.25, 0.3) is 0 Å². The van der Waals surface area contributed by atoms with Crippen LogP contribution in [-0.2, 0) is 10.8 Å². The van der Waals surface area contributed by atoms with E-state index < -0.39 is 10.8 Å². The Morgan fingerprint density at radius 3 is 2.88 bits per heavy atom. The van der Waals surface area contributed by atoms with Crippen molar-refractivity contribution in [3.05, 3.63) is 11.9 Å². The SMILES string of the molecule is CCCNc1nc(C)cn1C1CCS(=O)CC1. The number of hydrogen-bond donors (Lipinski definition) is 1. The predicted octanol–water partition coefficient (Wildman–Crippen LogP) is 2.10. The van der Waals surface area contributed by atoms with Crippen molar-refractivity contribution in [2.24, 2.45) is 0 Å². The first kappa shape index (κ1) is 12.6. The Hall–Kier alpha value is -0.840. The standard InChI is InChI=1S/C12H21N3OS/c1-3-6-13-12-14-10(2)9-15(12)11-4-7-17(16)8-5-11/h9,11H,3-8H2,1-2H3,(H,13,14). The van der Waals surface area contributed by atoms with E-state index in [4.69, 9.17) is 0 Å². The molecule has 1 saturated heterocycles. The average molecular weight is 255 g/mol. The number of aromatic nitrogens is 2. The van der Waals surface area contributed by atoms with Crippen LogP contribution in [0.3, 0.4) is 0 Å². The van der Waals surface area contributed by atoms with Crippen molar-refractivity contribution in [1.29, 1.82) is 0 Å². The molecule has 0 spiro atoms. The number of aryl methyl sites for hydroxylation is 1. The normalized spacial score (nSPS) is 24.8. The fraction of sp³-hybridized carbons (Fsp3) is 0.750. The molecule has 0 amide bonds. The Balaban J connectivity index is 2.10. The molecular weight excluding hydrogens is 234 g/mol. The van der Waals surface area contributed by atoms with Crippen LogP contribution >= 0.6 is 0 Å². The van der Waals surface area contributed by atoms with Crippen molar-refractivity contribution in [2.75, 3.05) is 23.4 Å². The molecule has 1 aliphatic rings. The highest BCUT2D eigenvalue weighted by molar-refractivity contribution is 7.85. The minimum Gasteiger partial charge on any atom is -0.356 e. The van der Waals surface area contributed by atoms with Crippen molar-refractivity contribution in [1.82, 2.24) is 9.55 Å². The van der Waals surface area contributed by atoms with Gasteiger partial charge in [0.2, 0.25) is 5.95 Å². The number of anilines is 1. The molecule has 2 rings (SSSR count).